The van der Waals surface area contributed by atoms with Gasteiger partial charge in [-0.15, -0.1) is 0 Å². The van der Waals surface area contributed by atoms with Crippen molar-refractivity contribution in [1.29, 1.82) is 0 Å². The number of carboxylic acids is 1. The van der Waals surface area contributed by atoms with Crippen LogP contribution in [0.1, 0.15) is 37.7 Å². The van der Waals surface area contributed by atoms with Crippen molar-refractivity contribution in [2.24, 2.45) is 5.92 Å². The van der Waals surface area contributed by atoms with Crippen molar-refractivity contribution in [3.8, 4) is 0 Å². The van der Waals surface area contributed by atoms with Crippen LogP contribution in [0.2, 0.25) is 0 Å². The average Bonchev–Trinajstić information content (AvgIpc) is 3.13. The van der Waals surface area contributed by atoms with E-state index >= 15 is 0 Å². The standard InChI is InChI=1S/C16H18BrNO3/c17-11-6-4-10(5-7-11)16(8-9-16)15(21)18-13-3-1-2-12(13)14(19)20/h4-7,12-13H,1-3,8-9H2,(H,18,21)(H,19,20). The Bertz CT molecular complexity index is 565. The van der Waals surface area contributed by atoms with E-state index < -0.39 is 17.3 Å². The van der Waals surface area contributed by atoms with Gasteiger partial charge in [-0.3, -0.25) is 9.59 Å². The lowest BCUT2D eigenvalue weighted by atomic mass is 9.94. The number of benzene rings is 1. The highest BCUT2D eigenvalue weighted by Gasteiger charge is 2.52. The molecule has 0 bridgehead atoms. The Kier molecular flexibility index (Phi) is 3.78. The normalized spacial score (nSPS) is 26.3. The zero-order chi connectivity index (χ0) is 15.0. The minimum absolute atomic E-state index is 0.0111. The second-order valence-electron chi connectivity index (χ2n) is 6.04. The van der Waals surface area contributed by atoms with Crippen LogP contribution in [0.3, 0.4) is 0 Å². The Morgan fingerprint density at radius 3 is 2.43 bits per heavy atom. The molecular formula is C16H18BrNO3. The minimum atomic E-state index is -0.800. The molecule has 0 aliphatic heterocycles. The van der Waals surface area contributed by atoms with Crippen LogP contribution in [-0.4, -0.2) is 23.0 Å². The van der Waals surface area contributed by atoms with E-state index in [4.69, 9.17) is 0 Å². The first-order valence-electron chi connectivity index (χ1n) is 7.33. The lowest BCUT2D eigenvalue weighted by Gasteiger charge is -2.22. The van der Waals surface area contributed by atoms with Gasteiger partial charge in [0.15, 0.2) is 0 Å². The maximum Gasteiger partial charge on any atom is 0.308 e. The molecule has 0 aromatic heterocycles. The summed E-state index contributed by atoms with van der Waals surface area (Å²) in [6, 6.07) is 7.61. The molecule has 2 N–H and O–H groups in total. The maximum absolute atomic E-state index is 12.6. The van der Waals surface area contributed by atoms with E-state index in [-0.39, 0.29) is 11.9 Å². The summed E-state index contributed by atoms with van der Waals surface area (Å²) in [5.74, 6) is -1.25. The molecule has 21 heavy (non-hydrogen) atoms. The minimum Gasteiger partial charge on any atom is -0.481 e. The molecular weight excluding hydrogens is 334 g/mol. The monoisotopic (exact) mass is 351 g/mol. The third-order valence-corrected chi connectivity index (χ3v) is 5.26. The summed E-state index contributed by atoms with van der Waals surface area (Å²) in [5, 5.41) is 12.2. The highest BCUT2D eigenvalue weighted by molar-refractivity contribution is 9.10. The maximum atomic E-state index is 12.6. The Hall–Kier alpha value is -1.36. The van der Waals surface area contributed by atoms with Crippen molar-refractivity contribution in [1.82, 2.24) is 5.32 Å². The van der Waals surface area contributed by atoms with E-state index in [2.05, 4.69) is 21.2 Å². The molecule has 0 saturated heterocycles. The SMILES string of the molecule is O=C(O)C1CCCC1NC(=O)C1(c2ccc(Br)cc2)CC1. The van der Waals surface area contributed by atoms with Crippen molar-refractivity contribution in [2.75, 3.05) is 0 Å². The van der Waals surface area contributed by atoms with Crippen LogP contribution in [-0.2, 0) is 15.0 Å². The molecule has 5 heteroatoms. The van der Waals surface area contributed by atoms with Gasteiger partial charge in [0.25, 0.3) is 0 Å². The summed E-state index contributed by atoms with van der Waals surface area (Å²) in [5.41, 5.74) is 0.583. The molecule has 0 spiro atoms. The van der Waals surface area contributed by atoms with Crippen LogP contribution in [0.25, 0.3) is 0 Å². The van der Waals surface area contributed by atoms with E-state index in [1.165, 1.54) is 0 Å². The number of amides is 1. The van der Waals surface area contributed by atoms with Gasteiger partial charge in [-0.05, 0) is 43.4 Å². The predicted octanol–water partition coefficient (Wildman–Crippen LogP) is 2.85. The van der Waals surface area contributed by atoms with E-state index in [0.717, 1.165) is 35.7 Å². The van der Waals surface area contributed by atoms with Gasteiger partial charge >= 0.3 is 5.97 Å². The quantitative estimate of drug-likeness (QED) is 0.876. The van der Waals surface area contributed by atoms with Gasteiger partial charge in [0.1, 0.15) is 0 Å². The molecule has 2 atom stereocenters. The van der Waals surface area contributed by atoms with E-state index in [1.54, 1.807) is 0 Å². The zero-order valence-corrected chi connectivity index (χ0v) is 13.2. The van der Waals surface area contributed by atoms with Gasteiger partial charge in [-0.2, -0.15) is 0 Å². The van der Waals surface area contributed by atoms with Gasteiger partial charge in [0.05, 0.1) is 11.3 Å². The molecule has 0 radical (unpaired) electrons. The number of carbonyl (C=O) groups excluding carboxylic acids is 1. The smallest absolute Gasteiger partial charge is 0.308 e. The second-order valence-corrected chi connectivity index (χ2v) is 6.96. The van der Waals surface area contributed by atoms with Crippen LogP contribution in [0.4, 0.5) is 0 Å². The molecule has 2 saturated carbocycles. The predicted molar refractivity (Wildman–Crippen MR) is 82.0 cm³/mol. The van der Waals surface area contributed by atoms with Crippen LogP contribution in [0.5, 0.6) is 0 Å². The summed E-state index contributed by atoms with van der Waals surface area (Å²) in [6.45, 7) is 0. The number of carboxylic acid groups (broad SMARTS) is 1. The first-order valence-corrected chi connectivity index (χ1v) is 8.12. The lowest BCUT2D eigenvalue weighted by molar-refractivity contribution is -0.142. The van der Waals surface area contributed by atoms with E-state index in [1.807, 2.05) is 24.3 Å². The largest absolute Gasteiger partial charge is 0.481 e. The fourth-order valence-corrected chi connectivity index (χ4v) is 3.54. The number of hydrogen-bond acceptors (Lipinski definition) is 2. The number of carbonyl (C=O) groups is 2. The van der Waals surface area contributed by atoms with Crippen molar-refractivity contribution in [3.63, 3.8) is 0 Å². The van der Waals surface area contributed by atoms with Gasteiger partial charge in [0, 0.05) is 10.5 Å². The lowest BCUT2D eigenvalue weighted by Crippen LogP contribution is -2.45. The van der Waals surface area contributed by atoms with Gasteiger partial charge < -0.3 is 10.4 Å². The first kappa shape index (κ1) is 14.6. The Labute approximate surface area is 132 Å². The van der Waals surface area contributed by atoms with Crippen LogP contribution in [0.15, 0.2) is 28.7 Å². The van der Waals surface area contributed by atoms with Crippen molar-refractivity contribution in [3.05, 3.63) is 34.3 Å². The Morgan fingerprint density at radius 1 is 1.19 bits per heavy atom. The first-order chi connectivity index (χ1) is 10.0. The number of aliphatic carboxylic acids is 1. The van der Waals surface area contributed by atoms with Crippen molar-refractivity contribution >= 4 is 27.8 Å². The van der Waals surface area contributed by atoms with Crippen LogP contribution in [0, 0.1) is 5.92 Å². The third-order valence-electron chi connectivity index (χ3n) is 4.73. The van der Waals surface area contributed by atoms with Crippen LogP contribution < -0.4 is 5.32 Å². The van der Waals surface area contributed by atoms with Gasteiger partial charge in [-0.25, -0.2) is 0 Å². The highest BCUT2D eigenvalue weighted by Crippen LogP contribution is 2.49. The second kappa shape index (κ2) is 5.44. The fourth-order valence-electron chi connectivity index (χ4n) is 3.28. The van der Waals surface area contributed by atoms with Gasteiger partial charge in [-0.1, -0.05) is 34.5 Å². The van der Waals surface area contributed by atoms with Gasteiger partial charge in [0.2, 0.25) is 5.91 Å². The molecule has 0 heterocycles. The highest BCUT2D eigenvalue weighted by atomic mass is 79.9. The molecule has 2 fully saturated rings. The zero-order valence-electron chi connectivity index (χ0n) is 11.6. The molecule has 3 rings (SSSR count). The number of nitrogens with one attached hydrogen (secondary N) is 1. The fraction of sp³-hybridized carbons (Fsp3) is 0.500. The molecule has 112 valence electrons. The van der Waals surface area contributed by atoms with E-state index in [9.17, 15) is 14.7 Å². The number of halogens is 1. The van der Waals surface area contributed by atoms with Crippen molar-refractivity contribution in [2.45, 2.75) is 43.6 Å². The summed E-state index contributed by atoms with van der Waals surface area (Å²) in [6.07, 6.45) is 3.97. The van der Waals surface area contributed by atoms with Crippen molar-refractivity contribution < 1.29 is 14.7 Å². The third kappa shape index (κ3) is 2.71. The molecule has 2 unspecified atom stereocenters. The Balaban J connectivity index is 1.73. The Morgan fingerprint density at radius 2 is 1.86 bits per heavy atom. The molecule has 4 nitrogen and oxygen atoms in total. The molecule has 1 aromatic rings. The molecule has 1 amide bonds. The summed E-state index contributed by atoms with van der Waals surface area (Å²) in [7, 11) is 0. The summed E-state index contributed by atoms with van der Waals surface area (Å²) < 4.78 is 0.990. The van der Waals surface area contributed by atoms with E-state index in [0.29, 0.717) is 6.42 Å². The molecule has 1 aromatic carbocycles. The summed E-state index contributed by atoms with van der Waals surface area (Å²) >= 11 is 3.40. The molecule has 2 aliphatic carbocycles. The summed E-state index contributed by atoms with van der Waals surface area (Å²) in [4.78, 5) is 23.8. The molecule has 2 aliphatic rings. The average molecular weight is 352 g/mol. The van der Waals surface area contributed by atoms with Crippen LogP contribution >= 0.6 is 15.9 Å². The number of rotatable bonds is 4. The topological polar surface area (TPSA) is 66.4 Å². The number of hydrogen-bond donors (Lipinski definition) is 2.